The Balaban J connectivity index is 1.98. The van der Waals surface area contributed by atoms with Gasteiger partial charge in [-0.3, -0.25) is 4.79 Å². The highest BCUT2D eigenvalue weighted by Gasteiger charge is 2.19. The quantitative estimate of drug-likeness (QED) is 0.719. The van der Waals surface area contributed by atoms with Crippen LogP contribution in [0.4, 0.5) is 11.4 Å². The molecule has 1 amide bonds. The summed E-state index contributed by atoms with van der Waals surface area (Å²) in [6.45, 7) is 4.72. The van der Waals surface area contributed by atoms with E-state index in [2.05, 4.69) is 5.32 Å². The largest absolute Gasteiger partial charge is 0.378 e. The number of halogens is 1. The summed E-state index contributed by atoms with van der Waals surface area (Å²) in [7, 11) is 3.98. The zero-order chi connectivity index (χ0) is 18.1. The van der Waals surface area contributed by atoms with Gasteiger partial charge < -0.3 is 14.8 Å². The molecule has 4 nitrogen and oxygen atoms in total. The minimum atomic E-state index is -0.107. The SMILES string of the molecule is CCn1c(C(=O)Nc2ccc(N(C)C)cc2)c(C)c2cc(Cl)ccc21. The molecule has 1 N–H and O–H groups in total. The van der Waals surface area contributed by atoms with Crippen molar-refractivity contribution in [2.75, 3.05) is 24.3 Å². The van der Waals surface area contributed by atoms with Crippen LogP contribution in [0, 0.1) is 6.92 Å². The summed E-state index contributed by atoms with van der Waals surface area (Å²) in [6.07, 6.45) is 0. The van der Waals surface area contributed by atoms with Gasteiger partial charge in [0.15, 0.2) is 0 Å². The van der Waals surface area contributed by atoms with E-state index in [-0.39, 0.29) is 5.91 Å². The number of carbonyl (C=O) groups excluding carboxylic acids is 1. The number of anilines is 2. The number of fused-ring (bicyclic) bond motifs is 1. The summed E-state index contributed by atoms with van der Waals surface area (Å²) >= 11 is 6.13. The molecule has 0 aliphatic rings. The van der Waals surface area contributed by atoms with Gasteiger partial charge in [-0.2, -0.15) is 0 Å². The molecule has 0 bridgehead atoms. The monoisotopic (exact) mass is 355 g/mol. The summed E-state index contributed by atoms with van der Waals surface area (Å²) < 4.78 is 2.03. The molecule has 5 heteroatoms. The number of nitrogens with one attached hydrogen (secondary N) is 1. The summed E-state index contributed by atoms with van der Waals surface area (Å²) in [5.74, 6) is -0.107. The molecule has 3 aromatic rings. The average molecular weight is 356 g/mol. The molecule has 3 rings (SSSR count). The number of nitrogens with zero attached hydrogens (tertiary/aromatic N) is 2. The lowest BCUT2D eigenvalue weighted by atomic mass is 10.1. The lowest BCUT2D eigenvalue weighted by Crippen LogP contribution is -2.18. The van der Waals surface area contributed by atoms with Crippen molar-refractivity contribution in [2.24, 2.45) is 0 Å². The van der Waals surface area contributed by atoms with Crippen molar-refractivity contribution in [3.05, 3.63) is 58.7 Å². The molecular weight excluding hydrogens is 334 g/mol. The lowest BCUT2D eigenvalue weighted by Gasteiger charge is -2.14. The van der Waals surface area contributed by atoms with Crippen LogP contribution >= 0.6 is 11.6 Å². The van der Waals surface area contributed by atoms with Gasteiger partial charge in [0.05, 0.1) is 0 Å². The average Bonchev–Trinajstić information content (AvgIpc) is 2.87. The van der Waals surface area contributed by atoms with Crippen molar-refractivity contribution < 1.29 is 4.79 Å². The van der Waals surface area contributed by atoms with Gasteiger partial charge >= 0.3 is 0 Å². The maximum absolute atomic E-state index is 12.9. The number of aryl methyl sites for hydroxylation is 2. The molecule has 0 saturated heterocycles. The van der Waals surface area contributed by atoms with Gasteiger partial charge in [0, 0.05) is 47.9 Å². The van der Waals surface area contributed by atoms with Crippen LogP contribution in [0.5, 0.6) is 0 Å². The third-order valence-corrected chi connectivity index (χ3v) is 4.69. The van der Waals surface area contributed by atoms with Crippen molar-refractivity contribution in [1.82, 2.24) is 4.57 Å². The Morgan fingerprint density at radius 3 is 2.44 bits per heavy atom. The fourth-order valence-corrected chi connectivity index (χ4v) is 3.32. The number of carbonyl (C=O) groups is 1. The Labute approximate surface area is 153 Å². The van der Waals surface area contributed by atoms with Crippen molar-refractivity contribution in [3.8, 4) is 0 Å². The van der Waals surface area contributed by atoms with Crippen LogP contribution in [0.25, 0.3) is 10.9 Å². The van der Waals surface area contributed by atoms with Gasteiger partial charge in [0.2, 0.25) is 0 Å². The second-order valence-corrected chi connectivity index (χ2v) is 6.71. The molecule has 0 radical (unpaired) electrons. The fourth-order valence-electron chi connectivity index (χ4n) is 3.15. The highest BCUT2D eigenvalue weighted by Crippen LogP contribution is 2.29. The first-order valence-corrected chi connectivity index (χ1v) is 8.67. The standard InChI is InChI=1S/C20H22ClN3O/c1-5-24-18-11-6-14(21)12-17(18)13(2)19(24)20(25)22-15-7-9-16(10-8-15)23(3)4/h6-12H,5H2,1-4H3,(H,22,25). The topological polar surface area (TPSA) is 37.3 Å². The first kappa shape index (κ1) is 17.4. The summed E-state index contributed by atoms with van der Waals surface area (Å²) in [4.78, 5) is 14.9. The van der Waals surface area contributed by atoms with Crippen LogP contribution in [0.3, 0.4) is 0 Å². The summed E-state index contributed by atoms with van der Waals surface area (Å²) in [6, 6.07) is 13.5. The van der Waals surface area contributed by atoms with Crippen molar-refractivity contribution >= 4 is 39.8 Å². The first-order valence-electron chi connectivity index (χ1n) is 8.29. The Hall–Kier alpha value is -2.46. The maximum Gasteiger partial charge on any atom is 0.272 e. The Kier molecular flexibility index (Phi) is 4.73. The van der Waals surface area contributed by atoms with Gasteiger partial charge in [0.25, 0.3) is 5.91 Å². The molecule has 2 aromatic carbocycles. The van der Waals surface area contributed by atoms with Crippen LogP contribution in [-0.2, 0) is 6.54 Å². The highest BCUT2D eigenvalue weighted by atomic mass is 35.5. The van der Waals surface area contributed by atoms with Crippen molar-refractivity contribution in [1.29, 1.82) is 0 Å². The molecule has 0 fully saturated rings. The van der Waals surface area contributed by atoms with Crippen molar-refractivity contribution in [3.63, 3.8) is 0 Å². The predicted octanol–water partition coefficient (Wildman–Crippen LogP) is 4.94. The molecule has 0 aliphatic carbocycles. The molecule has 25 heavy (non-hydrogen) atoms. The molecule has 1 aromatic heterocycles. The third-order valence-electron chi connectivity index (χ3n) is 4.45. The Morgan fingerprint density at radius 1 is 1.16 bits per heavy atom. The second-order valence-electron chi connectivity index (χ2n) is 6.27. The van der Waals surface area contributed by atoms with Crippen LogP contribution in [0.15, 0.2) is 42.5 Å². The van der Waals surface area contributed by atoms with Crippen LogP contribution in [0.2, 0.25) is 5.02 Å². The number of benzene rings is 2. The minimum absolute atomic E-state index is 0.107. The van der Waals surface area contributed by atoms with Gasteiger partial charge in [0.1, 0.15) is 5.69 Å². The minimum Gasteiger partial charge on any atom is -0.378 e. The number of hydrogen-bond acceptors (Lipinski definition) is 2. The Bertz CT molecular complexity index is 926. The van der Waals surface area contributed by atoms with Crippen LogP contribution in [0.1, 0.15) is 23.0 Å². The van der Waals surface area contributed by atoms with E-state index in [4.69, 9.17) is 11.6 Å². The van der Waals surface area contributed by atoms with Gasteiger partial charge in [-0.1, -0.05) is 11.6 Å². The Morgan fingerprint density at radius 2 is 1.84 bits per heavy atom. The number of aromatic nitrogens is 1. The normalized spacial score (nSPS) is 10.9. The predicted molar refractivity (Wildman–Crippen MR) is 106 cm³/mol. The van der Waals surface area contributed by atoms with Gasteiger partial charge in [-0.15, -0.1) is 0 Å². The fraction of sp³-hybridized carbons (Fsp3) is 0.250. The van der Waals surface area contributed by atoms with E-state index in [1.807, 2.05) is 79.9 Å². The second kappa shape index (κ2) is 6.81. The summed E-state index contributed by atoms with van der Waals surface area (Å²) in [5.41, 5.74) is 4.52. The zero-order valence-corrected chi connectivity index (χ0v) is 15.7. The molecular formula is C20H22ClN3O. The molecule has 0 atom stereocenters. The van der Waals surface area contributed by atoms with E-state index in [1.54, 1.807) is 0 Å². The summed E-state index contributed by atoms with van der Waals surface area (Å²) in [5, 5.41) is 4.70. The van der Waals surface area contributed by atoms with E-state index >= 15 is 0 Å². The van der Waals surface area contributed by atoms with Gasteiger partial charge in [-0.05, 0) is 61.9 Å². The van der Waals surface area contributed by atoms with E-state index < -0.39 is 0 Å². The highest BCUT2D eigenvalue weighted by molar-refractivity contribution is 6.31. The molecule has 0 aliphatic heterocycles. The van der Waals surface area contributed by atoms with E-state index in [0.29, 0.717) is 17.3 Å². The van der Waals surface area contributed by atoms with E-state index in [1.165, 1.54) is 0 Å². The van der Waals surface area contributed by atoms with Crippen molar-refractivity contribution in [2.45, 2.75) is 20.4 Å². The molecule has 0 unspecified atom stereocenters. The number of rotatable bonds is 4. The lowest BCUT2D eigenvalue weighted by molar-refractivity contribution is 0.101. The number of hydrogen-bond donors (Lipinski definition) is 1. The smallest absolute Gasteiger partial charge is 0.272 e. The zero-order valence-electron chi connectivity index (χ0n) is 14.9. The first-order chi connectivity index (χ1) is 11.9. The molecule has 1 heterocycles. The molecule has 0 spiro atoms. The van der Waals surface area contributed by atoms with Crippen LogP contribution in [-0.4, -0.2) is 24.6 Å². The number of amides is 1. The van der Waals surface area contributed by atoms with Crippen LogP contribution < -0.4 is 10.2 Å². The maximum atomic E-state index is 12.9. The molecule has 0 saturated carbocycles. The van der Waals surface area contributed by atoms with E-state index in [0.717, 1.165) is 27.8 Å². The third kappa shape index (κ3) is 3.22. The molecule has 130 valence electrons. The van der Waals surface area contributed by atoms with Gasteiger partial charge in [-0.25, -0.2) is 0 Å². The van der Waals surface area contributed by atoms with E-state index in [9.17, 15) is 4.79 Å².